The number of hydrogen-bond acceptors (Lipinski definition) is 3. The molecule has 1 saturated carbocycles. The average Bonchev–Trinajstić information content (AvgIpc) is 2.45. The maximum absolute atomic E-state index is 10.7. The molecule has 0 atom stereocenters. The van der Waals surface area contributed by atoms with Gasteiger partial charge in [-0.3, -0.25) is 0 Å². The highest BCUT2D eigenvalue weighted by Crippen LogP contribution is 2.31. The molecule has 20 heavy (non-hydrogen) atoms. The van der Waals surface area contributed by atoms with E-state index < -0.39 is 6.09 Å². The van der Waals surface area contributed by atoms with Crippen LogP contribution in [-0.2, 0) is 0 Å². The van der Waals surface area contributed by atoms with Gasteiger partial charge < -0.3 is 20.0 Å². The van der Waals surface area contributed by atoms with Crippen molar-refractivity contribution in [2.24, 2.45) is 11.8 Å². The Bertz CT molecular complexity index is 278. The molecule has 1 amide bonds. The maximum atomic E-state index is 10.7. The van der Waals surface area contributed by atoms with E-state index >= 15 is 0 Å². The molecule has 0 aromatic heterocycles. The molecule has 0 heterocycles. The fourth-order valence-electron chi connectivity index (χ4n) is 3.06. The number of rotatable bonds is 8. The second-order valence-corrected chi connectivity index (χ2v) is 6.00. The van der Waals surface area contributed by atoms with Crippen LogP contribution in [0.1, 0.15) is 39.0 Å². The second kappa shape index (κ2) is 9.19. The minimum Gasteiger partial charge on any atom is -0.465 e. The van der Waals surface area contributed by atoms with Crippen LogP contribution in [0.5, 0.6) is 0 Å². The zero-order valence-corrected chi connectivity index (χ0v) is 12.9. The lowest BCUT2D eigenvalue weighted by molar-refractivity contribution is 0.140. The molecular formula is C15H30N2O3. The van der Waals surface area contributed by atoms with Crippen LogP contribution in [-0.4, -0.2) is 65.9 Å². The molecule has 1 aliphatic carbocycles. The summed E-state index contributed by atoms with van der Waals surface area (Å²) < 4.78 is 0. The van der Waals surface area contributed by atoms with Crippen LogP contribution in [0.3, 0.4) is 0 Å². The van der Waals surface area contributed by atoms with Gasteiger partial charge in [-0.1, -0.05) is 19.8 Å². The highest BCUT2D eigenvalue weighted by atomic mass is 16.4. The quantitative estimate of drug-likeness (QED) is 0.717. The summed E-state index contributed by atoms with van der Waals surface area (Å²) in [5.41, 5.74) is 0. The van der Waals surface area contributed by atoms with Crippen LogP contribution < -0.4 is 0 Å². The summed E-state index contributed by atoms with van der Waals surface area (Å²) in [6.07, 6.45) is 5.07. The summed E-state index contributed by atoms with van der Waals surface area (Å²) >= 11 is 0. The maximum Gasteiger partial charge on any atom is 0.407 e. The summed E-state index contributed by atoms with van der Waals surface area (Å²) in [6, 6.07) is 0. The van der Waals surface area contributed by atoms with E-state index in [9.17, 15) is 4.79 Å². The van der Waals surface area contributed by atoms with Gasteiger partial charge in [0.15, 0.2) is 0 Å². The number of likely N-dealkylation sites (N-methyl/N-ethyl adjacent to an activating group) is 1. The van der Waals surface area contributed by atoms with Gasteiger partial charge in [0.05, 0.1) is 6.61 Å². The third-order valence-corrected chi connectivity index (χ3v) is 4.55. The molecule has 0 unspecified atom stereocenters. The zero-order valence-electron chi connectivity index (χ0n) is 12.9. The van der Waals surface area contributed by atoms with E-state index in [1.807, 2.05) is 0 Å². The topological polar surface area (TPSA) is 64.0 Å². The second-order valence-electron chi connectivity index (χ2n) is 6.00. The Morgan fingerprint density at radius 3 is 2.25 bits per heavy atom. The molecule has 2 N–H and O–H groups in total. The Balaban J connectivity index is 2.21. The van der Waals surface area contributed by atoms with Crippen molar-refractivity contribution in [1.82, 2.24) is 9.80 Å². The first-order valence-corrected chi connectivity index (χ1v) is 7.84. The Morgan fingerprint density at radius 1 is 1.15 bits per heavy atom. The van der Waals surface area contributed by atoms with E-state index in [4.69, 9.17) is 10.2 Å². The van der Waals surface area contributed by atoms with Gasteiger partial charge in [0, 0.05) is 26.7 Å². The van der Waals surface area contributed by atoms with Crippen LogP contribution in [0.15, 0.2) is 0 Å². The van der Waals surface area contributed by atoms with Crippen molar-refractivity contribution in [2.45, 2.75) is 39.0 Å². The van der Waals surface area contributed by atoms with Gasteiger partial charge in [0.1, 0.15) is 0 Å². The first-order valence-electron chi connectivity index (χ1n) is 7.84. The van der Waals surface area contributed by atoms with Gasteiger partial charge in [-0.25, -0.2) is 4.79 Å². The van der Waals surface area contributed by atoms with E-state index in [1.165, 1.54) is 30.6 Å². The van der Waals surface area contributed by atoms with Crippen molar-refractivity contribution >= 4 is 6.09 Å². The summed E-state index contributed by atoms with van der Waals surface area (Å²) in [4.78, 5) is 14.4. The normalized spacial score (nSPS) is 23.0. The summed E-state index contributed by atoms with van der Waals surface area (Å²) in [7, 11) is 1.64. The molecule has 5 nitrogen and oxygen atoms in total. The van der Waals surface area contributed by atoms with E-state index in [1.54, 1.807) is 7.05 Å². The minimum atomic E-state index is -0.832. The number of amides is 1. The van der Waals surface area contributed by atoms with Gasteiger partial charge in [0.2, 0.25) is 0 Å². The van der Waals surface area contributed by atoms with Crippen molar-refractivity contribution < 1.29 is 15.0 Å². The Kier molecular flexibility index (Phi) is 7.92. The molecule has 0 saturated heterocycles. The molecule has 118 valence electrons. The van der Waals surface area contributed by atoms with E-state index in [0.717, 1.165) is 32.0 Å². The molecule has 0 spiro atoms. The van der Waals surface area contributed by atoms with Crippen LogP contribution >= 0.6 is 0 Å². The first kappa shape index (κ1) is 17.2. The number of carboxylic acid groups (broad SMARTS) is 1. The third kappa shape index (κ3) is 6.09. The summed E-state index contributed by atoms with van der Waals surface area (Å²) in [6.45, 7) is 5.91. The molecule has 0 aromatic rings. The largest absolute Gasteiger partial charge is 0.465 e. The molecule has 5 heteroatoms. The Morgan fingerprint density at radius 2 is 1.75 bits per heavy atom. The fraction of sp³-hybridized carbons (Fsp3) is 0.933. The number of nitrogens with zero attached hydrogens (tertiary/aromatic N) is 2. The fourth-order valence-corrected chi connectivity index (χ4v) is 3.06. The van der Waals surface area contributed by atoms with Gasteiger partial charge in [-0.15, -0.1) is 0 Å². The van der Waals surface area contributed by atoms with E-state index in [2.05, 4.69) is 11.8 Å². The lowest BCUT2D eigenvalue weighted by Gasteiger charge is -2.32. The van der Waals surface area contributed by atoms with Gasteiger partial charge in [0.25, 0.3) is 0 Å². The SMILES string of the molecule is CCN(CCO)CC1CCC(CCN(C)C(=O)O)CC1. The predicted molar refractivity (Wildman–Crippen MR) is 79.9 cm³/mol. The molecule has 0 aliphatic heterocycles. The highest BCUT2D eigenvalue weighted by molar-refractivity contribution is 5.64. The number of aliphatic hydroxyl groups excluding tert-OH is 1. The molecule has 1 fully saturated rings. The van der Waals surface area contributed by atoms with Crippen LogP contribution in [0.4, 0.5) is 4.79 Å². The first-order chi connectivity index (χ1) is 9.56. The van der Waals surface area contributed by atoms with Crippen LogP contribution in [0.25, 0.3) is 0 Å². The molecule has 0 aromatic carbocycles. The average molecular weight is 286 g/mol. The van der Waals surface area contributed by atoms with Crippen molar-refractivity contribution in [3.8, 4) is 0 Å². The zero-order chi connectivity index (χ0) is 15.0. The highest BCUT2D eigenvalue weighted by Gasteiger charge is 2.23. The number of hydrogen-bond donors (Lipinski definition) is 2. The Labute approximate surface area is 122 Å². The van der Waals surface area contributed by atoms with Crippen molar-refractivity contribution in [3.05, 3.63) is 0 Å². The summed E-state index contributed by atoms with van der Waals surface area (Å²) in [5, 5.41) is 17.8. The summed E-state index contributed by atoms with van der Waals surface area (Å²) in [5.74, 6) is 1.43. The van der Waals surface area contributed by atoms with E-state index in [0.29, 0.717) is 12.5 Å². The lowest BCUT2D eigenvalue weighted by atomic mass is 9.80. The molecule has 1 aliphatic rings. The monoisotopic (exact) mass is 286 g/mol. The van der Waals surface area contributed by atoms with E-state index in [-0.39, 0.29) is 6.61 Å². The van der Waals surface area contributed by atoms with Gasteiger partial charge in [-0.05, 0) is 37.6 Å². The predicted octanol–water partition coefficient (Wildman–Crippen LogP) is 2.11. The molecule has 0 radical (unpaired) electrons. The number of carbonyl (C=O) groups is 1. The Hall–Kier alpha value is -0.810. The molecule has 1 rings (SSSR count). The van der Waals surface area contributed by atoms with Gasteiger partial charge >= 0.3 is 6.09 Å². The van der Waals surface area contributed by atoms with Crippen molar-refractivity contribution in [1.29, 1.82) is 0 Å². The van der Waals surface area contributed by atoms with Crippen molar-refractivity contribution in [2.75, 3.05) is 39.8 Å². The van der Waals surface area contributed by atoms with Crippen LogP contribution in [0.2, 0.25) is 0 Å². The standard InChI is InChI=1S/C15H30N2O3/c1-3-17(10-11-18)12-14-6-4-13(5-7-14)8-9-16(2)15(19)20/h13-14,18H,3-12H2,1-2H3,(H,19,20). The van der Waals surface area contributed by atoms with Gasteiger partial charge in [-0.2, -0.15) is 0 Å². The van der Waals surface area contributed by atoms with Crippen molar-refractivity contribution in [3.63, 3.8) is 0 Å². The van der Waals surface area contributed by atoms with Crippen LogP contribution in [0, 0.1) is 11.8 Å². The smallest absolute Gasteiger partial charge is 0.407 e. The molecule has 0 bridgehead atoms. The number of aliphatic hydroxyl groups is 1. The minimum absolute atomic E-state index is 0.241. The third-order valence-electron chi connectivity index (χ3n) is 4.55. The molecular weight excluding hydrogens is 256 g/mol. The lowest BCUT2D eigenvalue weighted by Crippen LogP contribution is -2.34.